The van der Waals surface area contributed by atoms with Gasteiger partial charge < -0.3 is 5.32 Å². The summed E-state index contributed by atoms with van der Waals surface area (Å²) in [4.78, 5) is 4.22. The summed E-state index contributed by atoms with van der Waals surface area (Å²) >= 11 is 11.9. The van der Waals surface area contributed by atoms with Crippen LogP contribution in [0.2, 0.25) is 10.0 Å². The van der Waals surface area contributed by atoms with Crippen molar-refractivity contribution in [2.24, 2.45) is 0 Å². The summed E-state index contributed by atoms with van der Waals surface area (Å²) < 4.78 is 1.89. The lowest BCUT2D eigenvalue weighted by Gasteiger charge is -2.08. The lowest BCUT2D eigenvalue weighted by atomic mass is 10.3. The fourth-order valence-corrected chi connectivity index (χ4v) is 2.19. The van der Waals surface area contributed by atoms with E-state index in [1.807, 2.05) is 16.8 Å². The summed E-state index contributed by atoms with van der Waals surface area (Å²) in [6.07, 6.45) is 2.59. The summed E-state index contributed by atoms with van der Waals surface area (Å²) in [5.74, 6) is 0.896. The van der Waals surface area contributed by atoms with Gasteiger partial charge in [0.25, 0.3) is 0 Å². The minimum Gasteiger partial charge on any atom is -0.378 e. The number of aromatic nitrogens is 3. The van der Waals surface area contributed by atoms with E-state index in [1.165, 1.54) is 0 Å². The molecule has 18 heavy (non-hydrogen) atoms. The largest absolute Gasteiger partial charge is 0.378 e. The minimum absolute atomic E-state index is 0.594. The molecule has 6 heteroatoms. The maximum Gasteiger partial charge on any atom is 0.146 e. The summed E-state index contributed by atoms with van der Waals surface area (Å²) in [6, 6.07) is 5.36. The standard InChI is InChI=1S/C12H14Cl2N4/c1-2-3-18-12(16-8-17-18)7-15-11-5-9(13)4-10(14)6-11/h4-6,8,15H,2-3,7H2,1H3. The molecule has 4 nitrogen and oxygen atoms in total. The molecule has 1 aromatic carbocycles. The van der Waals surface area contributed by atoms with Gasteiger partial charge in [-0.05, 0) is 24.6 Å². The summed E-state index contributed by atoms with van der Waals surface area (Å²) in [7, 11) is 0. The lowest BCUT2D eigenvalue weighted by molar-refractivity contribution is 0.574. The van der Waals surface area contributed by atoms with Gasteiger partial charge in [-0.3, -0.25) is 0 Å². The zero-order valence-corrected chi connectivity index (χ0v) is 11.5. The fraction of sp³-hybridized carbons (Fsp3) is 0.333. The average Bonchev–Trinajstić information content (AvgIpc) is 2.73. The second-order valence-electron chi connectivity index (χ2n) is 3.91. The van der Waals surface area contributed by atoms with Crippen molar-refractivity contribution in [3.8, 4) is 0 Å². The van der Waals surface area contributed by atoms with E-state index in [0.29, 0.717) is 16.6 Å². The number of aryl methyl sites for hydroxylation is 1. The summed E-state index contributed by atoms with van der Waals surface area (Å²) in [5, 5.41) is 8.62. The Hall–Kier alpha value is -1.26. The molecular formula is C12H14Cl2N4. The van der Waals surface area contributed by atoms with Crippen molar-refractivity contribution >= 4 is 28.9 Å². The molecule has 1 aromatic heterocycles. The second kappa shape index (κ2) is 6.07. The quantitative estimate of drug-likeness (QED) is 0.912. The first kappa shape index (κ1) is 13.2. The van der Waals surface area contributed by atoms with Crippen LogP contribution < -0.4 is 5.32 Å². The molecule has 0 aliphatic heterocycles. The Kier molecular flexibility index (Phi) is 4.44. The molecule has 0 saturated carbocycles. The first-order valence-corrected chi connectivity index (χ1v) is 6.51. The molecule has 0 bridgehead atoms. The summed E-state index contributed by atoms with van der Waals surface area (Å²) in [6.45, 7) is 3.57. The van der Waals surface area contributed by atoms with Crippen LogP contribution in [0.1, 0.15) is 19.2 Å². The van der Waals surface area contributed by atoms with E-state index < -0.39 is 0 Å². The van der Waals surface area contributed by atoms with Crippen LogP contribution in [-0.2, 0) is 13.1 Å². The molecule has 2 rings (SSSR count). The van der Waals surface area contributed by atoms with Gasteiger partial charge in [0.1, 0.15) is 12.2 Å². The van der Waals surface area contributed by atoms with Crippen LogP contribution >= 0.6 is 23.2 Å². The predicted octanol–water partition coefficient (Wildman–Crippen LogP) is 3.61. The third kappa shape index (κ3) is 3.37. The van der Waals surface area contributed by atoms with E-state index in [-0.39, 0.29) is 0 Å². The van der Waals surface area contributed by atoms with E-state index in [4.69, 9.17) is 23.2 Å². The van der Waals surface area contributed by atoms with Crippen LogP contribution in [0, 0.1) is 0 Å². The molecule has 96 valence electrons. The van der Waals surface area contributed by atoms with Crippen molar-refractivity contribution in [1.82, 2.24) is 14.8 Å². The second-order valence-corrected chi connectivity index (χ2v) is 4.78. The van der Waals surface area contributed by atoms with Crippen molar-refractivity contribution < 1.29 is 0 Å². The highest BCUT2D eigenvalue weighted by atomic mass is 35.5. The van der Waals surface area contributed by atoms with Gasteiger partial charge >= 0.3 is 0 Å². The molecule has 0 amide bonds. The number of halogens is 2. The maximum atomic E-state index is 5.93. The van der Waals surface area contributed by atoms with Gasteiger partial charge in [-0.15, -0.1) is 0 Å². The Balaban J connectivity index is 2.04. The zero-order valence-electron chi connectivity index (χ0n) is 10.0. The topological polar surface area (TPSA) is 42.7 Å². The van der Waals surface area contributed by atoms with E-state index in [1.54, 1.807) is 12.4 Å². The minimum atomic E-state index is 0.594. The maximum absolute atomic E-state index is 5.93. The Bertz CT molecular complexity index is 504. The number of hydrogen-bond donors (Lipinski definition) is 1. The number of nitrogens with zero attached hydrogens (tertiary/aromatic N) is 3. The Morgan fingerprint density at radius 1 is 1.22 bits per heavy atom. The highest BCUT2D eigenvalue weighted by Gasteiger charge is 2.04. The zero-order chi connectivity index (χ0) is 13.0. The molecular weight excluding hydrogens is 271 g/mol. The van der Waals surface area contributed by atoms with Gasteiger partial charge in [-0.25, -0.2) is 9.67 Å². The predicted molar refractivity (Wildman–Crippen MR) is 74.1 cm³/mol. The lowest BCUT2D eigenvalue weighted by Crippen LogP contribution is -2.10. The number of anilines is 1. The number of rotatable bonds is 5. The smallest absolute Gasteiger partial charge is 0.146 e. The number of hydrogen-bond acceptors (Lipinski definition) is 3. The molecule has 0 radical (unpaired) electrons. The Morgan fingerprint density at radius 2 is 1.94 bits per heavy atom. The normalized spacial score (nSPS) is 10.6. The molecule has 1 heterocycles. The highest BCUT2D eigenvalue weighted by Crippen LogP contribution is 2.22. The third-order valence-corrected chi connectivity index (χ3v) is 2.88. The Labute approximate surface area is 116 Å². The molecule has 0 fully saturated rings. The molecule has 0 aliphatic rings. The molecule has 2 aromatic rings. The van der Waals surface area contributed by atoms with E-state index in [0.717, 1.165) is 24.5 Å². The van der Waals surface area contributed by atoms with E-state index >= 15 is 0 Å². The molecule has 0 spiro atoms. The van der Waals surface area contributed by atoms with Crippen molar-refractivity contribution in [2.45, 2.75) is 26.4 Å². The van der Waals surface area contributed by atoms with Gasteiger partial charge in [-0.1, -0.05) is 30.1 Å². The van der Waals surface area contributed by atoms with Crippen LogP contribution in [0.15, 0.2) is 24.5 Å². The van der Waals surface area contributed by atoms with Gasteiger partial charge in [-0.2, -0.15) is 5.10 Å². The van der Waals surface area contributed by atoms with E-state index in [2.05, 4.69) is 22.3 Å². The van der Waals surface area contributed by atoms with Gasteiger partial charge in [0, 0.05) is 22.3 Å². The monoisotopic (exact) mass is 284 g/mol. The van der Waals surface area contributed by atoms with Gasteiger partial charge in [0.05, 0.1) is 6.54 Å². The van der Waals surface area contributed by atoms with Crippen LogP contribution in [0.25, 0.3) is 0 Å². The first-order chi connectivity index (χ1) is 8.69. The van der Waals surface area contributed by atoms with Crippen LogP contribution in [0.3, 0.4) is 0 Å². The molecule has 1 N–H and O–H groups in total. The van der Waals surface area contributed by atoms with Crippen LogP contribution in [0.4, 0.5) is 5.69 Å². The van der Waals surface area contributed by atoms with E-state index in [9.17, 15) is 0 Å². The SMILES string of the molecule is CCCn1ncnc1CNc1cc(Cl)cc(Cl)c1. The number of nitrogens with one attached hydrogen (secondary N) is 1. The Morgan fingerprint density at radius 3 is 2.61 bits per heavy atom. The van der Waals surface area contributed by atoms with Crippen molar-refractivity contribution in [3.63, 3.8) is 0 Å². The van der Waals surface area contributed by atoms with Crippen molar-refractivity contribution in [1.29, 1.82) is 0 Å². The van der Waals surface area contributed by atoms with Crippen molar-refractivity contribution in [3.05, 3.63) is 40.4 Å². The van der Waals surface area contributed by atoms with Gasteiger partial charge in [0.15, 0.2) is 0 Å². The highest BCUT2D eigenvalue weighted by molar-refractivity contribution is 6.35. The first-order valence-electron chi connectivity index (χ1n) is 5.75. The number of benzene rings is 1. The third-order valence-electron chi connectivity index (χ3n) is 2.44. The molecule has 0 aliphatic carbocycles. The molecule has 0 atom stereocenters. The van der Waals surface area contributed by atoms with Crippen molar-refractivity contribution in [2.75, 3.05) is 5.32 Å². The summed E-state index contributed by atoms with van der Waals surface area (Å²) in [5.41, 5.74) is 0.874. The average molecular weight is 285 g/mol. The van der Waals surface area contributed by atoms with Gasteiger partial charge in [0.2, 0.25) is 0 Å². The van der Waals surface area contributed by atoms with Crippen LogP contribution in [0.5, 0.6) is 0 Å². The fourth-order valence-electron chi connectivity index (χ4n) is 1.66. The molecule has 0 unspecified atom stereocenters. The van der Waals surface area contributed by atoms with Crippen LogP contribution in [-0.4, -0.2) is 14.8 Å². The molecule has 0 saturated heterocycles.